The van der Waals surface area contributed by atoms with Gasteiger partial charge in [0.25, 0.3) is 5.91 Å². The van der Waals surface area contributed by atoms with Crippen molar-refractivity contribution < 1.29 is 14.6 Å². The van der Waals surface area contributed by atoms with E-state index < -0.39 is 6.10 Å². The molecule has 0 radical (unpaired) electrons. The lowest BCUT2D eigenvalue weighted by Crippen LogP contribution is -2.50. The number of benzene rings is 2. The Hall–Kier alpha value is -2.49. The third-order valence-electron chi connectivity index (χ3n) is 4.41. The monoisotopic (exact) mass is 325 g/mol. The number of hydrogen-bond acceptors (Lipinski definition) is 3. The molecule has 1 aliphatic heterocycles. The average Bonchev–Trinajstić information content (AvgIpc) is 2.51. The molecule has 0 saturated heterocycles. The van der Waals surface area contributed by atoms with Gasteiger partial charge in [-0.25, -0.2) is 0 Å². The molecule has 0 aliphatic carbocycles. The highest BCUT2D eigenvalue weighted by Crippen LogP contribution is 2.38. The maximum absolute atomic E-state index is 13.0. The lowest BCUT2D eigenvalue weighted by Gasteiger charge is -2.37. The van der Waals surface area contributed by atoms with Crippen LogP contribution < -0.4 is 9.64 Å². The molecular weight excluding hydrogens is 302 g/mol. The van der Waals surface area contributed by atoms with Gasteiger partial charge in [-0.3, -0.25) is 4.79 Å². The number of rotatable bonds is 3. The first-order valence-electron chi connectivity index (χ1n) is 8.25. The highest BCUT2D eigenvalue weighted by molar-refractivity contribution is 6.00. The van der Waals surface area contributed by atoms with E-state index in [1.165, 1.54) is 5.56 Å². The fourth-order valence-electron chi connectivity index (χ4n) is 3.15. The van der Waals surface area contributed by atoms with Crippen LogP contribution in [-0.2, 0) is 11.2 Å². The molecule has 0 fully saturated rings. The predicted octanol–water partition coefficient (Wildman–Crippen LogP) is 3.75. The summed E-state index contributed by atoms with van der Waals surface area (Å²) in [6, 6.07) is 11.1. The maximum atomic E-state index is 13.0. The zero-order chi connectivity index (χ0) is 17.4. The topological polar surface area (TPSA) is 49.8 Å². The third kappa shape index (κ3) is 2.96. The van der Waals surface area contributed by atoms with Crippen molar-refractivity contribution in [2.75, 3.05) is 4.90 Å². The summed E-state index contributed by atoms with van der Waals surface area (Å²) in [5.41, 5.74) is 4.08. The predicted molar refractivity (Wildman–Crippen MR) is 94.8 cm³/mol. The normalized spacial score (nSPS) is 17.0. The van der Waals surface area contributed by atoms with Gasteiger partial charge in [0.05, 0.1) is 5.69 Å². The average molecular weight is 325 g/mol. The highest BCUT2D eigenvalue weighted by atomic mass is 16.5. The number of phenols is 1. The van der Waals surface area contributed by atoms with Gasteiger partial charge in [-0.15, -0.1) is 0 Å². The molecule has 1 heterocycles. The number of aryl methyl sites for hydroxylation is 2. The largest absolute Gasteiger partial charge is 0.508 e. The van der Waals surface area contributed by atoms with E-state index in [9.17, 15) is 9.90 Å². The number of hydrogen-bond donors (Lipinski definition) is 1. The molecule has 3 rings (SSSR count). The van der Waals surface area contributed by atoms with Gasteiger partial charge in [0.2, 0.25) is 0 Å². The summed E-state index contributed by atoms with van der Waals surface area (Å²) in [7, 11) is 0. The molecular formula is C20H23NO3. The first kappa shape index (κ1) is 16.4. The first-order chi connectivity index (χ1) is 11.4. The first-order valence-corrected chi connectivity index (χ1v) is 8.25. The van der Waals surface area contributed by atoms with Crippen molar-refractivity contribution in [1.29, 1.82) is 0 Å². The van der Waals surface area contributed by atoms with Crippen LogP contribution in [0.3, 0.4) is 0 Å². The fourth-order valence-corrected chi connectivity index (χ4v) is 3.15. The Kier molecular flexibility index (Phi) is 4.22. The molecule has 126 valence electrons. The smallest absolute Gasteiger partial charge is 0.268 e. The Labute approximate surface area is 142 Å². The number of fused-ring (bicyclic) bond motifs is 1. The summed E-state index contributed by atoms with van der Waals surface area (Å²) in [5, 5.41) is 9.75. The summed E-state index contributed by atoms with van der Waals surface area (Å²) in [5.74, 6) is 0.698. The van der Waals surface area contributed by atoms with Crippen LogP contribution in [0.4, 0.5) is 5.69 Å². The van der Waals surface area contributed by atoms with Crippen LogP contribution in [0.15, 0.2) is 36.4 Å². The number of carbonyl (C=O) groups is 1. The minimum atomic E-state index is -0.551. The summed E-state index contributed by atoms with van der Waals surface area (Å²) in [4.78, 5) is 14.7. The van der Waals surface area contributed by atoms with Crippen LogP contribution >= 0.6 is 0 Å². The Morgan fingerprint density at radius 3 is 2.62 bits per heavy atom. The molecule has 1 N–H and O–H groups in total. The number of nitrogens with zero attached hydrogens (tertiary/aromatic N) is 1. The van der Waals surface area contributed by atoms with E-state index in [1.807, 2.05) is 27.7 Å². The van der Waals surface area contributed by atoms with Gasteiger partial charge in [0.1, 0.15) is 11.5 Å². The van der Waals surface area contributed by atoms with E-state index in [0.29, 0.717) is 17.9 Å². The molecule has 4 nitrogen and oxygen atoms in total. The molecule has 1 atom stereocenters. The molecule has 1 aliphatic rings. The van der Waals surface area contributed by atoms with Crippen LogP contribution in [0.2, 0.25) is 0 Å². The van der Waals surface area contributed by atoms with E-state index >= 15 is 0 Å². The number of phenolic OH excluding ortho intramolecular Hbond substituents is 1. The number of ether oxygens (including phenoxy) is 1. The molecule has 0 spiro atoms. The van der Waals surface area contributed by atoms with Crippen LogP contribution in [0.5, 0.6) is 11.5 Å². The number of aromatic hydroxyl groups is 1. The van der Waals surface area contributed by atoms with Crippen molar-refractivity contribution >= 4 is 11.6 Å². The van der Waals surface area contributed by atoms with Crippen LogP contribution in [0, 0.1) is 13.8 Å². The van der Waals surface area contributed by atoms with Crippen molar-refractivity contribution in [1.82, 2.24) is 0 Å². The van der Waals surface area contributed by atoms with E-state index in [-0.39, 0.29) is 17.7 Å². The molecule has 2 aromatic rings. The second-order valence-electron chi connectivity index (χ2n) is 6.69. The minimum Gasteiger partial charge on any atom is -0.508 e. The summed E-state index contributed by atoms with van der Waals surface area (Å²) < 4.78 is 5.98. The molecule has 0 saturated carbocycles. The van der Waals surface area contributed by atoms with Crippen LogP contribution in [0.25, 0.3) is 0 Å². The van der Waals surface area contributed by atoms with Gasteiger partial charge in [-0.1, -0.05) is 23.8 Å². The lowest BCUT2D eigenvalue weighted by atomic mass is 9.98. The van der Waals surface area contributed by atoms with Crippen molar-refractivity contribution in [2.24, 2.45) is 0 Å². The van der Waals surface area contributed by atoms with Crippen molar-refractivity contribution in [3.63, 3.8) is 0 Å². The van der Waals surface area contributed by atoms with Crippen molar-refractivity contribution in [3.05, 3.63) is 53.1 Å². The number of carbonyl (C=O) groups excluding carboxylic acids is 1. The molecule has 24 heavy (non-hydrogen) atoms. The molecule has 2 aromatic carbocycles. The Balaban J connectivity index is 1.97. The Morgan fingerprint density at radius 1 is 1.17 bits per heavy atom. The second kappa shape index (κ2) is 6.19. The molecule has 1 amide bonds. The fraction of sp³-hybridized carbons (Fsp3) is 0.350. The quantitative estimate of drug-likeness (QED) is 0.935. The molecule has 0 aromatic heterocycles. The van der Waals surface area contributed by atoms with Crippen LogP contribution in [-0.4, -0.2) is 23.2 Å². The van der Waals surface area contributed by atoms with Crippen molar-refractivity contribution in [3.8, 4) is 11.5 Å². The van der Waals surface area contributed by atoms with E-state index in [4.69, 9.17) is 4.74 Å². The maximum Gasteiger partial charge on any atom is 0.268 e. The molecule has 1 unspecified atom stereocenters. The van der Waals surface area contributed by atoms with Gasteiger partial charge in [0.15, 0.2) is 6.10 Å². The highest BCUT2D eigenvalue weighted by Gasteiger charge is 2.36. The standard InChI is InChI=1S/C20H23NO3/c1-12(2)21-17-11-16(22)7-8-18(17)24-19(20(21)23)10-15-9-13(3)5-6-14(15)4/h5-9,11-12,19,22H,10H2,1-4H3. The molecule has 0 bridgehead atoms. The van der Waals surface area contributed by atoms with Gasteiger partial charge in [0, 0.05) is 18.5 Å². The van der Waals surface area contributed by atoms with E-state index in [1.54, 1.807) is 23.1 Å². The summed E-state index contributed by atoms with van der Waals surface area (Å²) in [6.45, 7) is 8.03. The third-order valence-corrected chi connectivity index (χ3v) is 4.41. The second-order valence-corrected chi connectivity index (χ2v) is 6.69. The minimum absolute atomic E-state index is 0.0111. The zero-order valence-corrected chi connectivity index (χ0v) is 14.5. The van der Waals surface area contributed by atoms with Gasteiger partial charge < -0.3 is 14.7 Å². The van der Waals surface area contributed by atoms with E-state index in [0.717, 1.165) is 11.1 Å². The Bertz CT molecular complexity index is 782. The van der Waals surface area contributed by atoms with Crippen LogP contribution in [0.1, 0.15) is 30.5 Å². The van der Waals surface area contributed by atoms with E-state index in [2.05, 4.69) is 18.2 Å². The summed E-state index contributed by atoms with van der Waals surface area (Å²) >= 11 is 0. The summed E-state index contributed by atoms with van der Waals surface area (Å²) in [6.07, 6.45) is -0.0134. The van der Waals surface area contributed by atoms with Crippen molar-refractivity contribution in [2.45, 2.75) is 46.3 Å². The number of anilines is 1. The SMILES string of the molecule is Cc1ccc(C)c(CC2Oc3ccc(O)cc3N(C(C)C)C2=O)c1. The molecule has 4 heteroatoms. The lowest BCUT2D eigenvalue weighted by molar-refractivity contribution is -0.126. The zero-order valence-electron chi connectivity index (χ0n) is 14.5. The van der Waals surface area contributed by atoms with Gasteiger partial charge >= 0.3 is 0 Å². The Morgan fingerprint density at radius 2 is 1.92 bits per heavy atom. The van der Waals surface area contributed by atoms with Gasteiger partial charge in [-0.2, -0.15) is 0 Å². The van der Waals surface area contributed by atoms with Gasteiger partial charge in [-0.05, 0) is 51.0 Å². The number of amides is 1.